The molecule has 0 atom stereocenters. The zero-order valence-electron chi connectivity index (χ0n) is 19.3. The predicted molar refractivity (Wildman–Crippen MR) is 136 cm³/mol. The second-order valence-electron chi connectivity index (χ2n) is 8.15. The van der Waals surface area contributed by atoms with Crippen LogP contribution in [0.4, 0.5) is 56.1 Å². The minimum absolute atomic E-state index is 0.0443. The quantitative estimate of drug-likeness (QED) is 0.214. The molecule has 5 aromatic rings. The number of hydrogen-bond donors (Lipinski definition) is 0. The summed E-state index contributed by atoms with van der Waals surface area (Å²) in [6.07, 6.45) is 0. The van der Waals surface area contributed by atoms with Crippen LogP contribution in [0.2, 0.25) is 0 Å². The van der Waals surface area contributed by atoms with Crippen molar-refractivity contribution in [2.75, 3.05) is 9.80 Å². The molecule has 0 radical (unpaired) electrons. The molecule has 184 valence electrons. The molecule has 0 spiro atoms. The molecule has 0 fully saturated rings. The van der Waals surface area contributed by atoms with Gasteiger partial charge in [0.2, 0.25) is 0 Å². The first-order chi connectivity index (χ1) is 17.9. The zero-order chi connectivity index (χ0) is 25.9. The molecule has 0 aliphatic carbocycles. The minimum Gasteiger partial charge on any atom is -0.305 e. The lowest BCUT2D eigenvalue weighted by Gasteiger charge is -2.30. The van der Waals surface area contributed by atoms with Crippen LogP contribution < -0.4 is 9.80 Å². The fourth-order valence-corrected chi connectivity index (χ4v) is 4.19. The van der Waals surface area contributed by atoms with Crippen LogP contribution >= 0.6 is 0 Å². The normalized spacial score (nSPS) is 10.8. The Morgan fingerprint density at radius 1 is 0.351 bits per heavy atom. The Morgan fingerprint density at radius 3 is 1.05 bits per heavy atom. The predicted octanol–water partition coefficient (Wildman–Crippen LogP) is 9.32. The van der Waals surface area contributed by atoms with Crippen molar-refractivity contribution in [2.24, 2.45) is 0 Å². The zero-order valence-corrected chi connectivity index (χ0v) is 19.3. The van der Waals surface area contributed by atoms with Crippen molar-refractivity contribution in [1.82, 2.24) is 0 Å². The summed E-state index contributed by atoms with van der Waals surface area (Å²) in [4.78, 5) is 2.44. The maximum Gasteiger partial charge on any atom is 0.150 e. The largest absolute Gasteiger partial charge is 0.305 e. The number of hydrogen-bond acceptors (Lipinski definition) is 2. The van der Waals surface area contributed by atoms with Crippen molar-refractivity contribution in [2.45, 2.75) is 0 Å². The molecule has 5 aromatic carbocycles. The first-order valence-electron chi connectivity index (χ1n) is 11.3. The molecule has 0 saturated carbocycles. The summed E-state index contributed by atoms with van der Waals surface area (Å²) in [5.41, 5.74) is -0.0503. The van der Waals surface area contributed by atoms with Crippen molar-refractivity contribution in [3.63, 3.8) is 0 Å². The Labute approximate surface area is 210 Å². The minimum atomic E-state index is -0.866. The smallest absolute Gasteiger partial charge is 0.150 e. The number of nitrogens with zero attached hydrogens (tertiary/aromatic N) is 2. The summed E-state index contributed by atoms with van der Waals surface area (Å²) in [5.74, 6) is -4.24. The van der Waals surface area contributed by atoms with Gasteiger partial charge in [-0.2, -0.15) is 0 Å². The monoisotopic (exact) mass is 502 g/mol. The number of anilines is 6. The lowest BCUT2D eigenvalue weighted by Crippen LogP contribution is -2.17. The van der Waals surface area contributed by atoms with E-state index in [2.05, 4.69) is 0 Å². The van der Waals surface area contributed by atoms with Gasteiger partial charge >= 0.3 is 0 Å². The van der Waals surface area contributed by atoms with E-state index < -0.39 is 40.5 Å². The first-order valence-corrected chi connectivity index (χ1v) is 11.3. The highest BCUT2D eigenvalue weighted by Gasteiger charge is 2.25. The van der Waals surface area contributed by atoms with Crippen LogP contribution in [0.5, 0.6) is 0 Å². The third-order valence-corrected chi connectivity index (χ3v) is 5.73. The molecule has 7 heteroatoms. The Hall–Kier alpha value is -4.65. The van der Waals surface area contributed by atoms with Gasteiger partial charge in [-0.05, 0) is 66.7 Å². The van der Waals surface area contributed by atoms with Gasteiger partial charge in [0.1, 0.15) is 40.5 Å². The average Bonchev–Trinajstić information content (AvgIpc) is 2.89. The topological polar surface area (TPSA) is 6.48 Å². The highest BCUT2D eigenvalue weighted by atomic mass is 19.1. The van der Waals surface area contributed by atoms with Crippen LogP contribution in [0.15, 0.2) is 115 Å². The maximum absolute atomic E-state index is 15.2. The van der Waals surface area contributed by atoms with E-state index in [1.807, 2.05) is 0 Å². The summed E-state index contributed by atoms with van der Waals surface area (Å²) >= 11 is 0. The summed E-state index contributed by atoms with van der Waals surface area (Å²) in [7, 11) is 0. The number of rotatable bonds is 6. The van der Waals surface area contributed by atoms with Gasteiger partial charge in [0, 0.05) is 11.4 Å². The van der Waals surface area contributed by atoms with Crippen LogP contribution in [0.3, 0.4) is 0 Å². The molecule has 0 bridgehead atoms. The van der Waals surface area contributed by atoms with E-state index >= 15 is 4.39 Å². The fraction of sp³-hybridized carbons (Fsp3) is 0. The summed E-state index contributed by atoms with van der Waals surface area (Å²) in [6, 6.07) is 27.1. The molecule has 0 amide bonds. The van der Waals surface area contributed by atoms with Gasteiger partial charge in [-0.1, -0.05) is 48.5 Å². The molecular weight excluding hydrogens is 483 g/mol. The molecule has 0 saturated heterocycles. The van der Waals surface area contributed by atoms with Crippen LogP contribution in [0.1, 0.15) is 0 Å². The van der Waals surface area contributed by atoms with Crippen molar-refractivity contribution < 1.29 is 22.0 Å². The van der Waals surface area contributed by atoms with E-state index in [0.717, 1.165) is 36.4 Å². The van der Waals surface area contributed by atoms with Gasteiger partial charge in [0.15, 0.2) is 0 Å². The Bertz CT molecular complexity index is 1390. The van der Waals surface area contributed by atoms with Gasteiger partial charge in [-0.3, -0.25) is 0 Å². The average molecular weight is 502 g/mol. The molecule has 2 nitrogen and oxygen atoms in total. The summed E-state index contributed by atoms with van der Waals surface area (Å²) in [6.45, 7) is 0. The van der Waals surface area contributed by atoms with E-state index in [0.29, 0.717) is 11.4 Å². The first kappa shape index (κ1) is 24.1. The van der Waals surface area contributed by atoms with Gasteiger partial charge in [-0.25, -0.2) is 22.0 Å². The van der Waals surface area contributed by atoms with Crippen molar-refractivity contribution in [3.05, 3.63) is 144 Å². The molecule has 0 heterocycles. The van der Waals surface area contributed by atoms with Gasteiger partial charge in [-0.15, -0.1) is 0 Å². The number of benzene rings is 5. The summed E-state index contributed by atoms with van der Waals surface area (Å²) in [5, 5.41) is 0. The highest BCUT2D eigenvalue weighted by Crippen LogP contribution is 2.43. The van der Waals surface area contributed by atoms with E-state index in [4.69, 9.17) is 0 Å². The Morgan fingerprint density at radius 2 is 0.703 bits per heavy atom. The Kier molecular flexibility index (Phi) is 6.60. The Balaban J connectivity index is 1.77. The van der Waals surface area contributed by atoms with Crippen molar-refractivity contribution in [3.8, 4) is 0 Å². The van der Waals surface area contributed by atoms with Crippen molar-refractivity contribution in [1.29, 1.82) is 0 Å². The molecule has 5 rings (SSSR count). The molecule has 0 N–H and O–H groups in total. The second-order valence-corrected chi connectivity index (χ2v) is 8.15. The summed E-state index contributed by atoms with van der Waals surface area (Å²) < 4.78 is 75.1. The fourth-order valence-electron chi connectivity index (χ4n) is 4.19. The third-order valence-electron chi connectivity index (χ3n) is 5.73. The van der Waals surface area contributed by atoms with E-state index in [1.165, 1.54) is 28.0 Å². The lowest BCUT2D eigenvalue weighted by molar-refractivity contribution is 0.585. The molecule has 0 unspecified atom stereocenters. The van der Waals surface area contributed by atoms with Crippen LogP contribution in [0.25, 0.3) is 0 Å². The third kappa shape index (κ3) is 4.76. The van der Waals surface area contributed by atoms with Gasteiger partial charge in [0.05, 0.1) is 11.4 Å². The van der Waals surface area contributed by atoms with E-state index in [9.17, 15) is 17.6 Å². The molecular formula is C30H19F5N2. The van der Waals surface area contributed by atoms with E-state index in [1.54, 1.807) is 60.7 Å². The molecule has 0 aromatic heterocycles. The molecule has 37 heavy (non-hydrogen) atoms. The van der Waals surface area contributed by atoms with Crippen LogP contribution in [0, 0.1) is 29.1 Å². The van der Waals surface area contributed by atoms with Crippen LogP contribution in [-0.2, 0) is 0 Å². The second kappa shape index (κ2) is 10.1. The number of halogens is 5. The molecule has 0 aliphatic heterocycles. The number of para-hydroxylation sites is 4. The standard InChI is InChI=1S/C30H19F5N2/c31-20-17-23(36(21-9-3-1-4-10-21)29-25(32)13-7-14-26(29)33)19-24(18-20)37(22-11-5-2-6-12-22)30-27(34)15-8-16-28(30)35/h1-19H. The maximum atomic E-state index is 15.2. The van der Waals surface area contributed by atoms with Crippen LogP contribution in [-0.4, -0.2) is 0 Å². The van der Waals surface area contributed by atoms with Gasteiger partial charge in [0.25, 0.3) is 0 Å². The highest BCUT2D eigenvalue weighted by molar-refractivity contribution is 5.83. The van der Waals surface area contributed by atoms with Crippen molar-refractivity contribution >= 4 is 34.1 Å². The van der Waals surface area contributed by atoms with E-state index in [-0.39, 0.29) is 11.4 Å². The lowest BCUT2D eigenvalue weighted by atomic mass is 10.1. The van der Waals surface area contributed by atoms with Gasteiger partial charge < -0.3 is 9.80 Å². The molecule has 0 aliphatic rings. The SMILES string of the molecule is Fc1cc(N(c2ccccc2)c2c(F)cccc2F)cc(N(c2ccccc2)c2c(F)cccc2F)c1.